The molecule has 3 aromatic rings. The average molecular weight is 428 g/mol. The Labute approximate surface area is 186 Å². The molecule has 4 heterocycles. The summed E-state index contributed by atoms with van der Waals surface area (Å²) in [6.45, 7) is 3.12. The average Bonchev–Trinajstić information content (AvgIpc) is 3.29. The van der Waals surface area contributed by atoms with Crippen molar-refractivity contribution in [1.29, 1.82) is 0 Å². The van der Waals surface area contributed by atoms with Crippen LogP contribution < -0.4 is 5.32 Å². The van der Waals surface area contributed by atoms with Crippen molar-refractivity contribution in [2.45, 2.75) is 6.42 Å². The fraction of sp³-hybridized carbons (Fsp3) is 0.240. The molecule has 0 unspecified atom stereocenters. The van der Waals surface area contributed by atoms with Crippen molar-refractivity contribution in [3.63, 3.8) is 0 Å². The van der Waals surface area contributed by atoms with Gasteiger partial charge in [0, 0.05) is 54.8 Å². The third-order valence-corrected chi connectivity index (χ3v) is 5.80. The number of morpholine rings is 1. The molecule has 2 aliphatic heterocycles. The van der Waals surface area contributed by atoms with E-state index in [-0.39, 0.29) is 11.8 Å². The summed E-state index contributed by atoms with van der Waals surface area (Å²) in [5.74, 6) is 0.0130. The van der Waals surface area contributed by atoms with Gasteiger partial charge in [-0.3, -0.25) is 14.6 Å². The van der Waals surface area contributed by atoms with E-state index in [4.69, 9.17) is 4.74 Å². The van der Waals surface area contributed by atoms with E-state index in [1.54, 1.807) is 6.20 Å². The van der Waals surface area contributed by atoms with E-state index in [1.807, 2.05) is 59.5 Å². The molecule has 1 saturated heterocycles. The second-order valence-corrected chi connectivity index (χ2v) is 7.91. The molecule has 5 rings (SSSR count). The minimum Gasteiger partial charge on any atom is -0.378 e. The van der Waals surface area contributed by atoms with Crippen LogP contribution in [0.4, 0.5) is 0 Å². The topological polar surface area (TPSA) is 87.3 Å². The summed E-state index contributed by atoms with van der Waals surface area (Å²) in [7, 11) is 0. The minimum absolute atomic E-state index is 0.0292. The minimum atomic E-state index is -0.0292. The molecule has 0 aliphatic carbocycles. The van der Waals surface area contributed by atoms with Gasteiger partial charge in [-0.15, -0.1) is 0 Å². The number of ether oxygens (including phenoxy) is 1. The van der Waals surface area contributed by atoms with Crippen LogP contribution in [0.1, 0.15) is 37.7 Å². The Morgan fingerprint density at radius 2 is 1.88 bits per heavy atom. The van der Waals surface area contributed by atoms with E-state index in [0.29, 0.717) is 44.0 Å². The SMILES string of the molecule is O=C1NCCc2[nH]c(-c3ccnc(C=Cc4ccc(C(=O)N5CCOCC5)cc4)c3)cc21. The molecular formula is C25H24N4O3. The first-order valence-corrected chi connectivity index (χ1v) is 10.8. The number of amides is 2. The molecule has 32 heavy (non-hydrogen) atoms. The lowest BCUT2D eigenvalue weighted by Crippen LogP contribution is -2.40. The lowest BCUT2D eigenvalue weighted by Gasteiger charge is -2.26. The van der Waals surface area contributed by atoms with E-state index in [2.05, 4.69) is 15.3 Å². The highest BCUT2D eigenvalue weighted by molar-refractivity contribution is 5.98. The number of hydrogen-bond donors (Lipinski definition) is 2. The number of H-pyrrole nitrogens is 1. The van der Waals surface area contributed by atoms with E-state index in [0.717, 1.165) is 34.6 Å². The summed E-state index contributed by atoms with van der Waals surface area (Å²) in [6.07, 6.45) is 6.49. The molecule has 2 aromatic heterocycles. The van der Waals surface area contributed by atoms with Crippen LogP contribution >= 0.6 is 0 Å². The van der Waals surface area contributed by atoms with Crippen molar-refractivity contribution in [2.75, 3.05) is 32.8 Å². The molecule has 1 fully saturated rings. The zero-order valence-corrected chi connectivity index (χ0v) is 17.6. The second kappa shape index (κ2) is 8.80. The second-order valence-electron chi connectivity index (χ2n) is 7.91. The smallest absolute Gasteiger partial charge is 0.254 e. The van der Waals surface area contributed by atoms with Crippen molar-refractivity contribution < 1.29 is 14.3 Å². The number of rotatable bonds is 4. The van der Waals surface area contributed by atoms with Gasteiger partial charge in [-0.2, -0.15) is 0 Å². The normalized spacial score (nSPS) is 16.1. The number of nitrogens with zero attached hydrogens (tertiary/aromatic N) is 2. The van der Waals surface area contributed by atoms with Gasteiger partial charge >= 0.3 is 0 Å². The van der Waals surface area contributed by atoms with Crippen LogP contribution in [-0.2, 0) is 11.2 Å². The van der Waals surface area contributed by atoms with Gasteiger partial charge in [0.05, 0.1) is 24.5 Å². The molecule has 1 aromatic carbocycles. The summed E-state index contributed by atoms with van der Waals surface area (Å²) in [6, 6.07) is 13.4. The molecule has 7 nitrogen and oxygen atoms in total. The number of carbonyl (C=O) groups excluding carboxylic acids is 2. The summed E-state index contributed by atoms with van der Waals surface area (Å²) in [5.41, 5.74) is 6.07. The quantitative estimate of drug-likeness (QED) is 0.669. The van der Waals surface area contributed by atoms with Crippen molar-refractivity contribution in [3.8, 4) is 11.3 Å². The van der Waals surface area contributed by atoms with Gasteiger partial charge in [-0.05, 0) is 42.0 Å². The number of benzene rings is 1. The number of pyridine rings is 1. The number of carbonyl (C=O) groups is 2. The van der Waals surface area contributed by atoms with E-state index in [1.165, 1.54) is 0 Å². The number of aromatic amines is 1. The van der Waals surface area contributed by atoms with Gasteiger partial charge in [-0.1, -0.05) is 18.2 Å². The number of hydrogen-bond acceptors (Lipinski definition) is 4. The van der Waals surface area contributed by atoms with Crippen LogP contribution in [0.15, 0.2) is 48.7 Å². The predicted molar refractivity (Wildman–Crippen MR) is 122 cm³/mol. The van der Waals surface area contributed by atoms with Gasteiger partial charge in [0.1, 0.15) is 0 Å². The first-order valence-electron chi connectivity index (χ1n) is 10.8. The van der Waals surface area contributed by atoms with Gasteiger partial charge in [0.2, 0.25) is 0 Å². The number of nitrogens with one attached hydrogen (secondary N) is 2. The fourth-order valence-corrected chi connectivity index (χ4v) is 4.02. The molecular weight excluding hydrogens is 404 g/mol. The fourth-order valence-electron chi connectivity index (χ4n) is 4.02. The Balaban J connectivity index is 1.30. The molecule has 2 amide bonds. The van der Waals surface area contributed by atoms with Crippen molar-refractivity contribution in [2.24, 2.45) is 0 Å². The monoisotopic (exact) mass is 428 g/mol. The molecule has 0 saturated carbocycles. The first-order chi connectivity index (χ1) is 15.7. The lowest BCUT2D eigenvalue weighted by molar-refractivity contribution is 0.0303. The van der Waals surface area contributed by atoms with Gasteiger partial charge in [0.15, 0.2) is 0 Å². The van der Waals surface area contributed by atoms with Crippen LogP contribution in [0.5, 0.6) is 0 Å². The van der Waals surface area contributed by atoms with Crippen molar-refractivity contribution >= 4 is 24.0 Å². The zero-order chi connectivity index (χ0) is 21.9. The molecule has 0 atom stereocenters. The number of aromatic nitrogens is 2. The largest absolute Gasteiger partial charge is 0.378 e. The van der Waals surface area contributed by atoms with Crippen LogP contribution in [0.2, 0.25) is 0 Å². The Morgan fingerprint density at radius 3 is 2.66 bits per heavy atom. The summed E-state index contributed by atoms with van der Waals surface area (Å²) in [4.78, 5) is 34.2. The van der Waals surface area contributed by atoms with Crippen LogP contribution in [0, 0.1) is 0 Å². The van der Waals surface area contributed by atoms with E-state index in [9.17, 15) is 9.59 Å². The highest BCUT2D eigenvalue weighted by Gasteiger charge is 2.20. The van der Waals surface area contributed by atoms with Crippen LogP contribution in [0.25, 0.3) is 23.4 Å². The molecule has 0 bridgehead atoms. The molecule has 0 radical (unpaired) electrons. The van der Waals surface area contributed by atoms with E-state index >= 15 is 0 Å². The Bertz CT molecular complexity index is 1170. The van der Waals surface area contributed by atoms with Gasteiger partial charge in [0.25, 0.3) is 11.8 Å². The van der Waals surface area contributed by atoms with Gasteiger partial charge in [-0.25, -0.2) is 0 Å². The first kappa shape index (κ1) is 20.2. The van der Waals surface area contributed by atoms with Crippen LogP contribution in [-0.4, -0.2) is 59.5 Å². The van der Waals surface area contributed by atoms with Crippen molar-refractivity contribution in [1.82, 2.24) is 20.2 Å². The third-order valence-electron chi connectivity index (χ3n) is 5.80. The zero-order valence-electron chi connectivity index (χ0n) is 17.6. The molecule has 2 N–H and O–H groups in total. The maximum atomic E-state index is 12.6. The maximum absolute atomic E-state index is 12.6. The Kier molecular flexibility index (Phi) is 5.56. The predicted octanol–water partition coefficient (Wildman–Crippen LogP) is 3.01. The van der Waals surface area contributed by atoms with Crippen LogP contribution in [0.3, 0.4) is 0 Å². The lowest BCUT2D eigenvalue weighted by atomic mass is 10.1. The van der Waals surface area contributed by atoms with Gasteiger partial charge < -0.3 is 19.9 Å². The van der Waals surface area contributed by atoms with Crippen molar-refractivity contribution in [3.05, 3.63) is 76.7 Å². The Hall–Kier alpha value is -3.71. The summed E-state index contributed by atoms with van der Waals surface area (Å²) < 4.78 is 5.31. The standard InChI is InChI=1S/C25H24N4O3/c30-24-21-16-23(28-22(21)8-10-27-24)19-7-9-26-20(15-19)6-3-17-1-4-18(5-2-17)25(31)29-11-13-32-14-12-29/h1-7,9,15-16,28H,8,10-14H2,(H,27,30). The summed E-state index contributed by atoms with van der Waals surface area (Å²) in [5, 5.41) is 2.87. The Morgan fingerprint density at radius 1 is 1.06 bits per heavy atom. The maximum Gasteiger partial charge on any atom is 0.254 e. The highest BCUT2D eigenvalue weighted by Crippen LogP contribution is 2.24. The molecule has 0 spiro atoms. The molecule has 162 valence electrons. The third kappa shape index (κ3) is 4.20. The highest BCUT2D eigenvalue weighted by atomic mass is 16.5. The number of fused-ring (bicyclic) bond motifs is 1. The van der Waals surface area contributed by atoms with E-state index < -0.39 is 0 Å². The molecule has 2 aliphatic rings. The molecule has 7 heteroatoms. The summed E-state index contributed by atoms with van der Waals surface area (Å²) >= 11 is 0.